The molecule has 29 heavy (non-hydrogen) atoms. The molecule has 1 aliphatic rings. The van der Waals surface area contributed by atoms with Crippen LogP contribution in [0, 0.1) is 12.3 Å². The molecule has 7 heteroatoms. The standard InChI is InChI=1S/C22H25N3O3S/c1-2-14-23-29(27,28)21-12-10-19(11-13-21)22(26)24-20-9-6-15-25(17-20)16-18-7-4-3-5-8-18/h1,3-5,7-8,10-13,20,23H,6,9,14-17H2,(H,24,26). The highest BCUT2D eigenvalue weighted by molar-refractivity contribution is 7.89. The van der Waals surface area contributed by atoms with E-state index in [4.69, 9.17) is 6.42 Å². The van der Waals surface area contributed by atoms with Crippen LogP contribution in [-0.4, -0.2) is 44.9 Å². The molecule has 1 fully saturated rings. The average molecular weight is 412 g/mol. The van der Waals surface area contributed by atoms with Crippen LogP contribution in [0.2, 0.25) is 0 Å². The van der Waals surface area contributed by atoms with Crippen molar-refractivity contribution in [2.45, 2.75) is 30.3 Å². The summed E-state index contributed by atoms with van der Waals surface area (Å²) in [5.74, 6) is 2.03. The second-order valence-corrected chi connectivity index (χ2v) is 8.85. The van der Waals surface area contributed by atoms with Crippen LogP contribution in [0.5, 0.6) is 0 Å². The Balaban J connectivity index is 1.57. The Bertz CT molecular complexity index is 967. The van der Waals surface area contributed by atoms with Gasteiger partial charge in [0.1, 0.15) is 0 Å². The van der Waals surface area contributed by atoms with Crippen molar-refractivity contribution in [3.05, 3.63) is 65.7 Å². The first-order valence-electron chi connectivity index (χ1n) is 9.58. The minimum Gasteiger partial charge on any atom is -0.348 e. The van der Waals surface area contributed by atoms with Crippen molar-refractivity contribution in [3.63, 3.8) is 0 Å². The molecule has 2 N–H and O–H groups in total. The fraction of sp³-hybridized carbons (Fsp3) is 0.318. The van der Waals surface area contributed by atoms with Gasteiger partial charge in [0.2, 0.25) is 10.0 Å². The molecule has 1 aliphatic heterocycles. The number of carbonyl (C=O) groups excluding carboxylic acids is 1. The van der Waals surface area contributed by atoms with Crippen LogP contribution in [0.3, 0.4) is 0 Å². The zero-order valence-corrected chi connectivity index (χ0v) is 17.0. The van der Waals surface area contributed by atoms with E-state index in [0.29, 0.717) is 5.56 Å². The van der Waals surface area contributed by atoms with E-state index < -0.39 is 10.0 Å². The Morgan fingerprint density at radius 2 is 1.86 bits per heavy atom. The van der Waals surface area contributed by atoms with Gasteiger partial charge in [0, 0.05) is 24.7 Å². The molecular weight excluding hydrogens is 386 g/mol. The fourth-order valence-corrected chi connectivity index (χ4v) is 4.37. The van der Waals surface area contributed by atoms with Crippen LogP contribution in [0.1, 0.15) is 28.8 Å². The predicted molar refractivity (Wildman–Crippen MR) is 113 cm³/mol. The predicted octanol–water partition coefficient (Wildman–Crippen LogP) is 1.99. The first-order valence-corrected chi connectivity index (χ1v) is 11.1. The molecule has 0 aliphatic carbocycles. The van der Waals surface area contributed by atoms with Crippen molar-refractivity contribution in [3.8, 4) is 12.3 Å². The SMILES string of the molecule is C#CCNS(=O)(=O)c1ccc(C(=O)NC2CCCN(Cc3ccccc3)C2)cc1. The van der Waals surface area contributed by atoms with Gasteiger partial charge >= 0.3 is 0 Å². The van der Waals surface area contributed by atoms with E-state index >= 15 is 0 Å². The maximum Gasteiger partial charge on any atom is 0.251 e. The van der Waals surface area contributed by atoms with Gasteiger partial charge in [-0.15, -0.1) is 6.42 Å². The van der Waals surface area contributed by atoms with E-state index in [1.807, 2.05) is 18.2 Å². The van der Waals surface area contributed by atoms with Crippen LogP contribution >= 0.6 is 0 Å². The minimum atomic E-state index is -3.66. The molecule has 1 amide bonds. The van der Waals surface area contributed by atoms with Gasteiger partial charge < -0.3 is 5.32 Å². The lowest BCUT2D eigenvalue weighted by molar-refractivity contribution is 0.0900. The van der Waals surface area contributed by atoms with Gasteiger partial charge in [-0.3, -0.25) is 9.69 Å². The third-order valence-electron chi connectivity index (χ3n) is 4.88. The molecule has 1 heterocycles. The summed E-state index contributed by atoms with van der Waals surface area (Å²) in [7, 11) is -3.66. The van der Waals surface area contributed by atoms with Gasteiger partial charge in [-0.05, 0) is 49.2 Å². The number of carbonyl (C=O) groups is 1. The summed E-state index contributed by atoms with van der Waals surface area (Å²) >= 11 is 0. The molecule has 1 saturated heterocycles. The highest BCUT2D eigenvalue weighted by Gasteiger charge is 2.22. The fourth-order valence-electron chi connectivity index (χ4n) is 3.43. The summed E-state index contributed by atoms with van der Waals surface area (Å²) in [4.78, 5) is 15.0. The van der Waals surface area contributed by atoms with E-state index in [-0.39, 0.29) is 23.4 Å². The van der Waals surface area contributed by atoms with E-state index in [1.54, 1.807) is 0 Å². The van der Waals surface area contributed by atoms with Gasteiger partial charge in [-0.2, -0.15) is 4.72 Å². The van der Waals surface area contributed by atoms with Gasteiger partial charge in [0.05, 0.1) is 11.4 Å². The number of sulfonamides is 1. The number of amides is 1. The minimum absolute atomic E-state index is 0.0701. The van der Waals surface area contributed by atoms with Crippen LogP contribution in [-0.2, 0) is 16.6 Å². The lowest BCUT2D eigenvalue weighted by atomic mass is 10.0. The van der Waals surface area contributed by atoms with Crippen LogP contribution < -0.4 is 10.0 Å². The zero-order chi connectivity index (χ0) is 20.7. The highest BCUT2D eigenvalue weighted by atomic mass is 32.2. The largest absolute Gasteiger partial charge is 0.348 e. The molecular formula is C22H25N3O3S. The third-order valence-corrected chi connectivity index (χ3v) is 6.30. The van der Waals surface area contributed by atoms with Crippen molar-refractivity contribution in [1.82, 2.24) is 14.9 Å². The topological polar surface area (TPSA) is 78.5 Å². The Kier molecular flexibility index (Phi) is 7.04. The maximum atomic E-state index is 12.6. The Morgan fingerprint density at radius 1 is 1.14 bits per heavy atom. The maximum absolute atomic E-state index is 12.6. The molecule has 1 atom stereocenters. The normalized spacial score (nSPS) is 17.4. The van der Waals surface area contributed by atoms with Crippen molar-refractivity contribution in [2.75, 3.05) is 19.6 Å². The summed E-state index contributed by atoms with van der Waals surface area (Å²) in [6.45, 7) is 2.59. The molecule has 0 aromatic heterocycles. The summed E-state index contributed by atoms with van der Waals surface area (Å²) < 4.78 is 26.4. The Morgan fingerprint density at radius 3 is 2.55 bits per heavy atom. The average Bonchev–Trinajstić information content (AvgIpc) is 2.73. The van der Waals surface area contributed by atoms with Crippen molar-refractivity contribution in [2.24, 2.45) is 0 Å². The number of likely N-dealkylation sites (tertiary alicyclic amines) is 1. The number of rotatable bonds is 7. The summed E-state index contributed by atoms with van der Waals surface area (Å²) in [6, 6.07) is 16.2. The highest BCUT2D eigenvalue weighted by Crippen LogP contribution is 2.15. The van der Waals surface area contributed by atoms with Crippen LogP contribution in [0.15, 0.2) is 59.5 Å². The smallest absolute Gasteiger partial charge is 0.251 e. The number of hydrogen-bond acceptors (Lipinski definition) is 4. The van der Waals surface area contributed by atoms with E-state index in [0.717, 1.165) is 32.5 Å². The summed E-state index contributed by atoms with van der Waals surface area (Å²) in [5, 5.41) is 3.07. The first kappa shape index (κ1) is 21.1. The molecule has 0 saturated carbocycles. The number of benzene rings is 2. The third kappa shape index (κ3) is 5.91. The summed E-state index contributed by atoms with van der Waals surface area (Å²) in [5.41, 5.74) is 1.69. The zero-order valence-electron chi connectivity index (χ0n) is 16.2. The quantitative estimate of drug-likeness (QED) is 0.683. The van der Waals surface area contributed by atoms with Crippen molar-refractivity contribution < 1.29 is 13.2 Å². The number of hydrogen-bond donors (Lipinski definition) is 2. The molecule has 6 nitrogen and oxygen atoms in total. The van der Waals surface area contributed by atoms with Gasteiger partial charge in [-0.1, -0.05) is 36.3 Å². The molecule has 1 unspecified atom stereocenters. The second-order valence-electron chi connectivity index (χ2n) is 7.09. The van der Waals surface area contributed by atoms with Crippen LogP contribution in [0.4, 0.5) is 0 Å². The van der Waals surface area contributed by atoms with E-state index in [9.17, 15) is 13.2 Å². The van der Waals surface area contributed by atoms with E-state index in [2.05, 4.69) is 33.0 Å². The lowest BCUT2D eigenvalue weighted by Gasteiger charge is -2.33. The van der Waals surface area contributed by atoms with Crippen molar-refractivity contribution in [1.29, 1.82) is 0 Å². The summed E-state index contributed by atoms with van der Waals surface area (Å²) in [6.07, 6.45) is 7.04. The number of terminal acetylenes is 1. The molecule has 2 aromatic rings. The number of nitrogens with zero attached hydrogens (tertiary/aromatic N) is 1. The number of piperidine rings is 1. The Labute approximate surface area is 172 Å². The van der Waals surface area contributed by atoms with Gasteiger partial charge in [-0.25, -0.2) is 8.42 Å². The molecule has 0 spiro atoms. The van der Waals surface area contributed by atoms with E-state index in [1.165, 1.54) is 29.8 Å². The van der Waals surface area contributed by atoms with Gasteiger partial charge in [0.15, 0.2) is 0 Å². The molecule has 3 rings (SSSR count). The molecule has 0 radical (unpaired) electrons. The monoisotopic (exact) mass is 411 g/mol. The molecule has 2 aromatic carbocycles. The molecule has 0 bridgehead atoms. The van der Waals surface area contributed by atoms with Crippen molar-refractivity contribution >= 4 is 15.9 Å². The molecule has 152 valence electrons. The second kappa shape index (κ2) is 9.70. The first-order chi connectivity index (χ1) is 14.0. The number of nitrogens with one attached hydrogen (secondary N) is 2. The lowest BCUT2D eigenvalue weighted by Crippen LogP contribution is -2.47. The Hall–Kier alpha value is -2.66. The van der Waals surface area contributed by atoms with Crippen LogP contribution in [0.25, 0.3) is 0 Å². The van der Waals surface area contributed by atoms with Gasteiger partial charge in [0.25, 0.3) is 5.91 Å².